The van der Waals surface area contributed by atoms with Crippen LogP contribution >= 0.6 is 0 Å². The second-order valence-corrected chi connectivity index (χ2v) is 10.4. The van der Waals surface area contributed by atoms with Crippen LogP contribution in [0.15, 0.2) is 0 Å². The number of hydrogen-bond acceptors (Lipinski definition) is 1. The molecule has 0 aromatic carbocycles. The molecule has 32 heavy (non-hydrogen) atoms. The van der Waals surface area contributed by atoms with Crippen molar-refractivity contribution in [2.75, 3.05) is 0 Å². The third-order valence-corrected chi connectivity index (χ3v) is 7.13. The highest BCUT2D eigenvalue weighted by molar-refractivity contribution is 5.50. The average molecular weight is 450 g/mol. The Morgan fingerprint density at radius 1 is 0.312 bits per heavy atom. The van der Waals surface area contributed by atoms with Gasteiger partial charge in [-0.1, -0.05) is 180 Å². The molecule has 1 radical (unpaired) electrons. The van der Waals surface area contributed by atoms with Crippen LogP contribution in [0.4, 0.5) is 0 Å². The SMILES string of the molecule is CCCCCCCCCCCCCCCCCCCCCCCCCCCCCC[C]=O. The van der Waals surface area contributed by atoms with E-state index in [1.165, 1.54) is 173 Å². The van der Waals surface area contributed by atoms with E-state index in [-0.39, 0.29) is 0 Å². The number of carbonyl (C=O) groups excluding carboxylic acids is 1. The molecule has 0 rings (SSSR count). The molecule has 0 saturated heterocycles. The van der Waals surface area contributed by atoms with Crippen molar-refractivity contribution in [3.63, 3.8) is 0 Å². The van der Waals surface area contributed by atoms with Gasteiger partial charge in [-0.2, -0.15) is 0 Å². The second-order valence-electron chi connectivity index (χ2n) is 10.4. The maximum absolute atomic E-state index is 10.1. The minimum atomic E-state index is 0.638. The third kappa shape index (κ3) is 29.7. The maximum Gasteiger partial charge on any atom is 0.198 e. The van der Waals surface area contributed by atoms with Gasteiger partial charge in [-0.05, 0) is 6.42 Å². The van der Waals surface area contributed by atoms with Crippen molar-refractivity contribution in [1.82, 2.24) is 0 Å². The normalized spacial score (nSPS) is 11.3. The molecular weight excluding hydrogens is 388 g/mol. The fourth-order valence-electron chi connectivity index (χ4n) is 4.87. The van der Waals surface area contributed by atoms with Crippen LogP contribution < -0.4 is 0 Å². The van der Waals surface area contributed by atoms with Crippen molar-refractivity contribution >= 4 is 6.29 Å². The highest BCUT2D eigenvalue weighted by atomic mass is 16.1. The van der Waals surface area contributed by atoms with Gasteiger partial charge >= 0.3 is 0 Å². The molecule has 0 aromatic heterocycles. The van der Waals surface area contributed by atoms with Gasteiger partial charge in [-0.25, -0.2) is 0 Å². The van der Waals surface area contributed by atoms with Crippen molar-refractivity contribution in [3.05, 3.63) is 0 Å². The topological polar surface area (TPSA) is 17.1 Å². The summed E-state index contributed by atoms with van der Waals surface area (Å²) in [6, 6.07) is 0. The third-order valence-electron chi connectivity index (χ3n) is 7.13. The van der Waals surface area contributed by atoms with E-state index < -0.39 is 0 Å². The Bertz CT molecular complexity index is 324. The first-order valence-corrected chi connectivity index (χ1v) is 15.3. The zero-order valence-electron chi connectivity index (χ0n) is 22.4. The first-order chi connectivity index (χ1) is 15.9. The lowest BCUT2D eigenvalue weighted by molar-refractivity contribution is 0.513. The fourth-order valence-corrected chi connectivity index (χ4v) is 4.87. The quantitative estimate of drug-likeness (QED) is 0.104. The van der Waals surface area contributed by atoms with Crippen LogP contribution in [0, 0.1) is 0 Å². The summed E-state index contributed by atoms with van der Waals surface area (Å²) in [6.45, 7) is 2.30. The van der Waals surface area contributed by atoms with Crippen LogP contribution in [0.3, 0.4) is 0 Å². The first kappa shape index (κ1) is 31.7. The molecule has 0 spiro atoms. The summed E-state index contributed by atoms with van der Waals surface area (Å²) in [6.07, 6.45) is 42.6. The average Bonchev–Trinajstić information content (AvgIpc) is 2.81. The van der Waals surface area contributed by atoms with Crippen molar-refractivity contribution in [2.24, 2.45) is 0 Å². The molecule has 0 bridgehead atoms. The molecule has 0 heterocycles. The highest BCUT2D eigenvalue weighted by Gasteiger charge is 1.96. The van der Waals surface area contributed by atoms with Gasteiger partial charge in [0.2, 0.25) is 0 Å². The van der Waals surface area contributed by atoms with Gasteiger partial charge in [0.05, 0.1) is 0 Å². The van der Waals surface area contributed by atoms with Crippen LogP contribution in [-0.2, 0) is 4.79 Å². The molecule has 0 atom stereocenters. The molecule has 0 unspecified atom stereocenters. The molecular formula is C31H61O. The molecule has 0 aromatic rings. The van der Waals surface area contributed by atoms with E-state index in [9.17, 15) is 4.79 Å². The Morgan fingerprint density at radius 3 is 0.688 bits per heavy atom. The van der Waals surface area contributed by atoms with Crippen LogP contribution in [0.5, 0.6) is 0 Å². The van der Waals surface area contributed by atoms with Gasteiger partial charge in [-0.15, -0.1) is 0 Å². The molecule has 0 aliphatic rings. The number of unbranched alkanes of at least 4 members (excludes halogenated alkanes) is 28. The summed E-state index contributed by atoms with van der Waals surface area (Å²) in [5, 5.41) is 0. The van der Waals surface area contributed by atoms with Crippen molar-refractivity contribution in [1.29, 1.82) is 0 Å². The Hall–Kier alpha value is -0.330. The zero-order chi connectivity index (χ0) is 23.2. The van der Waals surface area contributed by atoms with Gasteiger partial charge in [0.15, 0.2) is 6.29 Å². The molecule has 0 fully saturated rings. The van der Waals surface area contributed by atoms with E-state index in [1.807, 2.05) is 6.29 Å². The molecule has 191 valence electrons. The van der Waals surface area contributed by atoms with E-state index in [1.54, 1.807) is 0 Å². The largest absolute Gasteiger partial charge is 0.291 e. The second kappa shape index (κ2) is 30.7. The number of rotatable bonds is 29. The van der Waals surface area contributed by atoms with Crippen LogP contribution in [0.2, 0.25) is 0 Å². The lowest BCUT2D eigenvalue weighted by Crippen LogP contribution is -1.85. The van der Waals surface area contributed by atoms with Crippen molar-refractivity contribution in [3.8, 4) is 0 Å². The highest BCUT2D eigenvalue weighted by Crippen LogP contribution is 2.16. The predicted molar refractivity (Wildman–Crippen MR) is 145 cm³/mol. The van der Waals surface area contributed by atoms with E-state index in [0.717, 1.165) is 6.42 Å². The van der Waals surface area contributed by atoms with Gasteiger partial charge in [0.25, 0.3) is 0 Å². The summed E-state index contributed by atoms with van der Waals surface area (Å²) in [5.41, 5.74) is 0. The van der Waals surface area contributed by atoms with E-state index in [0.29, 0.717) is 6.42 Å². The zero-order valence-corrected chi connectivity index (χ0v) is 22.4. The van der Waals surface area contributed by atoms with Gasteiger partial charge < -0.3 is 0 Å². The van der Waals surface area contributed by atoms with Crippen LogP contribution in [0.1, 0.15) is 193 Å². The molecule has 0 saturated carbocycles. The molecule has 0 N–H and O–H groups in total. The minimum absolute atomic E-state index is 0.638. The van der Waals surface area contributed by atoms with Crippen LogP contribution in [0.25, 0.3) is 0 Å². The van der Waals surface area contributed by atoms with Crippen LogP contribution in [-0.4, -0.2) is 6.29 Å². The summed E-state index contributed by atoms with van der Waals surface area (Å²) in [7, 11) is 0. The molecule has 1 heteroatoms. The fraction of sp³-hybridized carbons (Fsp3) is 0.968. The smallest absolute Gasteiger partial charge is 0.198 e. The van der Waals surface area contributed by atoms with E-state index >= 15 is 0 Å². The first-order valence-electron chi connectivity index (χ1n) is 15.3. The van der Waals surface area contributed by atoms with Crippen molar-refractivity contribution < 1.29 is 4.79 Å². The summed E-state index contributed by atoms with van der Waals surface area (Å²) < 4.78 is 0. The van der Waals surface area contributed by atoms with E-state index in [2.05, 4.69) is 6.92 Å². The lowest BCUT2D eigenvalue weighted by Gasteiger charge is -2.04. The molecule has 0 aliphatic carbocycles. The molecule has 0 aliphatic heterocycles. The number of hydrogen-bond donors (Lipinski definition) is 0. The minimum Gasteiger partial charge on any atom is -0.291 e. The standard InChI is InChI=1S/C31H61O/c1-2-3-4-5-6-7-8-9-10-11-12-13-14-15-16-17-18-19-20-21-22-23-24-25-26-27-28-29-30-31-32/h2-30H2,1H3. The Labute approximate surface area is 204 Å². The van der Waals surface area contributed by atoms with Gasteiger partial charge in [0, 0.05) is 6.42 Å². The molecule has 0 amide bonds. The maximum atomic E-state index is 10.1. The Kier molecular flexibility index (Phi) is 30.4. The van der Waals surface area contributed by atoms with Crippen molar-refractivity contribution in [2.45, 2.75) is 193 Å². The summed E-state index contributed by atoms with van der Waals surface area (Å²) in [5.74, 6) is 0. The predicted octanol–water partition coefficient (Wildman–Crippen LogP) is 11.4. The van der Waals surface area contributed by atoms with Gasteiger partial charge in [-0.3, -0.25) is 4.79 Å². The summed E-state index contributed by atoms with van der Waals surface area (Å²) in [4.78, 5) is 10.1. The lowest BCUT2D eigenvalue weighted by atomic mass is 10.0. The van der Waals surface area contributed by atoms with Gasteiger partial charge in [0.1, 0.15) is 0 Å². The monoisotopic (exact) mass is 449 g/mol. The molecule has 1 nitrogen and oxygen atoms in total. The van der Waals surface area contributed by atoms with E-state index in [4.69, 9.17) is 0 Å². The Balaban J connectivity index is 2.99. The summed E-state index contributed by atoms with van der Waals surface area (Å²) >= 11 is 0. The Morgan fingerprint density at radius 2 is 0.500 bits per heavy atom.